The molecule has 0 nitrogen and oxygen atoms in total. The molecule has 0 saturated carbocycles. The average Bonchev–Trinajstić information content (AvgIpc) is 2.58. The topological polar surface area (TPSA) is 0 Å². The van der Waals surface area contributed by atoms with E-state index in [1.807, 2.05) is 0 Å². The first kappa shape index (κ1) is 18.8. The molecule has 2 unspecified atom stereocenters. The summed E-state index contributed by atoms with van der Waals surface area (Å²) in [6, 6.07) is 22.1. The number of hydrogen-bond acceptors (Lipinski definition) is 0. The molecule has 0 saturated heterocycles. The van der Waals surface area contributed by atoms with Gasteiger partial charge in [0.15, 0.2) is 0 Å². The number of rotatable bonds is 9. The summed E-state index contributed by atoms with van der Waals surface area (Å²) < 4.78 is 1.85. The van der Waals surface area contributed by atoms with E-state index >= 15 is 0 Å². The van der Waals surface area contributed by atoms with Gasteiger partial charge in [-0.2, -0.15) is 0 Å². The SMILES string of the molecule is [Na][CH](CCCCCCc1ccccc1)[CH]([Na])c1ccccc1. The predicted octanol–water partition coefficient (Wildman–Crippen LogP) is 5.05. The molecule has 2 atom stereocenters. The van der Waals surface area contributed by atoms with Crippen molar-refractivity contribution in [1.29, 1.82) is 0 Å². The van der Waals surface area contributed by atoms with Gasteiger partial charge in [0.05, 0.1) is 0 Å². The Kier molecular flexibility index (Phi) is 9.45. The first-order valence-corrected chi connectivity index (χ1v) is 11.2. The van der Waals surface area contributed by atoms with Gasteiger partial charge in [0.2, 0.25) is 0 Å². The predicted molar refractivity (Wildman–Crippen MR) is 97.7 cm³/mol. The molecule has 2 heteroatoms. The van der Waals surface area contributed by atoms with Crippen molar-refractivity contribution in [3.05, 3.63) is 71.8 Å². The Bertz CT molecular complexity index is 510. The first-order chi connectivity index (χ1) is 10.8. The van der Waals surface area contributed by atoms with Crippen molar-refractivity contribution < 1.29 is 0 Å². The zero-order valence-electron chi connectivity index (χ0n) is 14.2. The van der Waals surface area contributed by atoms with Crippen LogP contribution in [0.1, 0.15) is 46.4 Å². The zero-order chi connectivity index (χ0) is 15.6. The third kappa shape index (κ3) is 6.91. The van der Waals surface area contributed by atoms with Crippen molar-refractivity contribution in [3.63, 3.8) is 0 Å². The van der Waals surface area contributed by atoms with E-state index in [1.165, 1.54) is 99.9 Å². The minimum atomic E-state index is 0.872. The van der Waals surface area contributed by atoms with Gasteiger partial charge in [-0.05, 0) is 0 Å². The molecular formula is C20H24Na2. The fraction of sp³-hybridized carbons (Fsp3) is 0.400. The molecule has 2 rings (SSSR count). The quantitative estimate of drug-likeness (QED) is 0.449. The van der Waals surface area contributed by atoms with Crippen LogP contribution in [0.15, 0.2) is 60.7 Å². The molecule has 0 aliphatic rings. The van der Waals surface area contributed by atoms with Crippen LogP contribution in [0.5, 0.6) is 0 Å². The standard InChI is InChI=1S/C20H24.2Na/c1(3-7-13-19-15-9-5-10-16-19)2-4-8-14-20-17-11-6-12-18-20;;/h5-7,9-13,15-18H,1-4,8,14H2;;. The Morgan fingerprint density at radius 3 is 1.95 bits per heavy atom. The molecule has 0 amide bonds. The van der Waals surface area contributed by atoms with Crippen LogP contribution >= 0.6 is 0 Å². The first-order valence-electron chi connectivity index (χ1n) is 8.86. The van der Waals surface area contributed by atoms with Gasteiger partial charge in [0, 0.05) is 0 Å². The van der Waals surface area contributed by atoms with Crippen molar-refractivity contribution >= 4 is 55.9 Å². The second-order valence-corrected chi connectivity index (χ2v) is 9.34. The van der Waals surface area contributed by atoms with Gasteiger partial charge in [-0.25, -0.2) is 0 Å². The van der Waals surface area contributed by atoms with Crippen LogP contribution in [0.25, 0.3) is 0 Å². The Balaban J connectivity index is 1.58. The molecular weight excluding hydrogens is 286 g/mol. The molecule has 0 spiro atoms. The van der Waals surface area contributed by atoms with E-state index in [2.05, 4.69) is 60.7 Å². The third-order valence-electron chi connectivity index (χ3n) is 4.90. The number of aryl methyl sites for hydroxylation is 1. The molecule has 106 valence electrons. The summed E-state index contributed by atoms with van der Waals surface area (Å²) in [5.74, 6) is 0. The van der Waals surface area contributed by atoms with Gasteiger partial charge >= 0.3 is 173 Å². The Labute approximate surface area is 170 Å². The monoisotopic (exact) mass is 310 g/mol. The van der Waals surface area contributed by atoms with Gasteiger partial charge < -0.3 is 0 Å². The van der Waals surface area contributed by atoms with E-state index in [1.54, 1.807) is 5.56 Å². The van der Waals surface area contributed by atoms with Crippen molar-refractivity contribution in [1.82, 2.24) is 0 Å². The minimum absolute atomic E-state index is 0.872. The molecule has 0 aliphatic heterocycles. The molecule has 0 fully saturated rings. The normalized spacial score (nSPS) is 13.8. The van der Waals surface area contributed by atoms with Gasteiger partial charge in [-0.15, -0.1) is 0 Å². The summed E-state index contributed by atoms with van der Waals surface area (Å²) in [6.45, 7) is 0. The fourth-order valence-electron chi connectivity index (χ4n) is 3.13. The molecule has 0 aromatic heterocycles. The van der Waals surface area contributed by atoms with Crippen LogP contribution in [0.2, 0.25) is 3.17 Å². The van der Waals surface area contributed by atoms with Crippen LogP contribution < -0.4 is 0 Å². The Hall–Kier alpha value is 0.440. The summed E-state index contributed by atoms with van der Waals surface area (Å²) in [7, 11) is 0. The molecule has 0 N–H and O–H groups in total. The van der Waals surface area contributed by atoms with Crippen LogP contribution in [0, 0.1) is 0 Å². The van der Waals surface area contributed by atoms with Crippen molar-refractivity contribution in [2.45, 2.75) is 44.9 Å². The van der Waals surface area contributed by atoms with Crippen molar-refractivity contribution in [2.75, 3.05) is 0 Å². The molecule has 0 radical (unpaired) electrons. The summed E-state index contributed by atoms with van der Waals surface area (Å²) in [6.07, 6.45) is 8.27. The number of hydrogen-bond donors (Lipinski definition) is 0. The maximum absolute atomic E-state index is 2.32. The van der Waals surface area contributed by atoms with E-state index in [9.17, 15) is 0 Å². The second-order valence-electron chi connectivity index (χ2n) is 6.62. The van der Waals surface area contributed by atoms with Crippen LogP contribution in [0.4, 0.5) is 0 Å². The fourth-order valence-corrected chi connectivity index (χ4v) is 4.64. The second kappa shape index (κ2) is 11.1. The van der Waals surface area contributed by atoms with E-state index < -0.39 is 0 Å². The number of unbranched alkanes of at least 4 members (excludes halogenated alkanes) is 3. The van der Waals surface area contributed by atoms with Crippen molar-refractivity contribution in [3.8, 4) is 0 Å². The van der Waals surface area contributed by atoms with Crippen LogP contribution in [-0.4, -0.2) is 55.9 Å². The summed E-state index contributed by atoms with van der Waals surface area (Å²) in [5, 5.41) is 0. The van der Waals surface area contributed by atoms with E-state index in [4.69, 9.17) is 0 Å². The summed E-state index contributed by atoms with van der Waals surface area (Å²) in [5.41, 5.74) is 3.07. The molecule has 0 heterocycles. The average molecular weight is 310 g/mol. The van der Waals surface area contributed by atoms with Gasteiger partial charge in [-0.3, -0.25) is 0 Å². The Morgan fingerprint density at radius 2 is 1.27 bits per heavy atom. The van der Waals surface area contributed by atoms with Gasteiger partial charge in [0.25, 0.3) is 0 Å². The summed E-state index contributed by atoms with van der Waals surface area (Å²) in [4.78, 5) is 0. The molecule has 22 heavy (non-hydrogen) atoms. The van der Waals surface area contributed by atoms with E-state index in [0.717, 1.165) is 6.33 Å². The van der Waals surface area contributed by atoms with E-state index in [-0.39, 0.29) is 0 Å². The Morgan fingerprint density at radius 1 is 0.682 bits per heavy atom. The maximum atomic E-state index is 2.32. The molecule has 0 aliphatic carbocycles. The van der Waals surface area contributed by atoms with Gasteiger partial charge in [0.1, 0.15) is 0 Å². The van der Waals surface area contributed by atoms with Crippen LogP contribution in [0.3, 0.4) is 0 Å². The molecule has 0 bridgehead atoms. The van der Waals surface area contributed by atoms with Crippen LogP contribution in [-0.2, 0) is 6.42 Å². The van der Waals surface area contributed by atoms with Gasteiger partial charge in [-0.1, -0.05) is 0 Å². The van der Waals surface area contributed by atoms with Crippen molar-refractivity contribution in [2.24, 2.45) is 0 Å². The molecule has 2 aromatic rings. The van der Waals surface area contributed by atoms with E-state index in [0.29, 0.717) is 0 Å². The molecule has 2 aromatic carbocycles. The summed E-state index contributed by atoms with van der Waals surface area (Å²) >= 11 is 2.64. The third-order valence-corrected chi connectivity index (χ3v) is 9.61. The zero-order valence-corrected chi connectivity index (χ0v) is 18.2. The number of benzene rings is 2.